The first-order valence-corrected chi connectivity index (χ1v) is 16.6. The van der Waals surface area contributed by atoms with Crippen molar-refractivity contribution in [3.8, 4) is 67.5 Å². The van der Waals surface area contributed by atoms with Gasteiger partial charge < -0.3 is 0 Å². The summed E-state index contributed by atoms with van der Waals surface area (Å²) in [4.78, 5) is 19.3. The van der Waals surface area contributed by atoms with E-state index in [2.05, 4.69) is 146 Å². The van der Waals surface area contributed by atoms with Crippen molar-refractivity contribution >= 4 is 10.8 Å². The predicted octanol–water partition coefficient (Wildman–Crippen LogP) is 11.1. The summed E-state index contributed by atoms with van der Waals surface area (Å²) in [5.41, 5.74) is 12.6. The molecule has 0 saturated heterocycles. The van der Waals surface area contributed by atoms with Crippen molar-refractivity contribution in [1.29, 1.82) is 0 Å². The summed E-state index contributed by atoms with van der Waals surface area (Å²) in [5.74, 6) is 1.87. The topological polar surface area (TPSA) is 51.6 Å². The van der Waals surface area contributed by atoms with E-state index in [1.807, 2.05) is 18.2 Å². The molecule has 9 rings (SSSR count). The van der Waals surface area contributed by atoms with Crippen molar-refractivity contribution in [2.45, 2.75) is 19.3 Å². The first-order valence-electron chi connectivity index (χ1n) is 16.6. The fraction of sp³-hybridized carbons (Fsp3) is 0.0667. The molecule has 0 spiro atoms. The zero-order chi connectivity index (χ0) is 33.0. The molecule has 1 aliphatic carbocycles. The lowest BCUT2D eigenvalue weighted by molar-refractivity contribution is 0.661. The summed E-state index contributed by atoms with van der Waals surface area (Å²) in [6.45, 7) is 4.68. The zero-order valence-corrected chi connectivity index (χ0v) is 27.3. The highest BCUT2D eigenvalue weighted by Crippen LogP contribution is 2.54. The van der Waals surface area contributed by atoms with Gasteiger partial charge in [0.25, 0.3) is 0 Å². The quantitative estimate of drug-likeness (QED) is 0.190. The summed E-state index contributed by atoms with van der Waals surface area (Å²) in [6.07, 6.45) is 3.54. The second kappa shape index (κ2) is 11.5. The first-order chi connectivity index (χ1) is 24.0. The molecular weight excluding hydrogens is 597 g/mol. The zero-order valence-electron chi connectivity index (χ0n) is 27.3. The molecule has 2 aromatic heterocycles. The molecule has 49 heavy (non-hydrogen) atoms. The van der Waals surface area contributed by atoms with Crippen molar-refractivity contribution in [2.24, 2.45) is 0 Å². The minimum absolute atomic E-state index is 0.112. The molecule has 0 aliphatic heterocycles. The Kier molecular flexibility index (Phi) is 6.77. The van der Waals surface area contributed by atoms with Crippen LogP contribution in [0.1, 0.15) is 25.0 Å². The molecule has 0 amide bonds. The SMILES string of the molecule is CC1(C)c2cccc(-c3cccc(-c4nc(-c5ccncc5)nc(-c5cccc(-c6ccccc6)c5)n4)c3)c2-c2c1ccc1ccccc21. The monoisotopic (exact) mass is 628 g/mol. The minimum Gasteiger partial charge on any atom is -0.265 e. The average molecular weight is 629 g/mol. The Morgan fingerprint density at radius 3 is 1.73 bits per heavy atom. The maximum Gasteiger partial charge on any atom is 0.164 e. The third-order valence-electron chi connectivity index (χ3n) is 9.82. The third-order valence-corrected chi connectivity index (χ3v) is 9.82. The molecule has 1 aliphatic rings. The lowest BCUT2D eigenvalue weighted by atomic mass is 9.81. The number of benzene rings is 6. The molecule has 6 aromatic carbocycles. The van der Waals surface area contributed by atoms with E-state index in [9.17, 15) is 0 Å². The van der Waals surface area contributed by atoms with Gasteiger partial charge in [0.2, 0.25) is 0 Å². The number of hydrogen-bond acceptors (Lipinski definition) is 4. The Labute approximate surface area is 285 Å². The van der Waals surface area contributed by atoms with Crippen LogP contribution in [0.4, 0.5) is 0 Å². The van der Waals surface area contributed by atoms with Gasteiger partial charge in [-0.25, -0.2) is 15.0 Å². The summed E-state index contributed by atoms with van der Waals surface area (Å²) < 4.78 is 0. The smallest absolute Gasteiger partial charge is 0.164 e. The van der Waals surface area contributed by atoms with Gasteiger partial charge in [0.1, 0.15) is 0 Å². The van der Waals surface area contributed by atoms with Crippen LogP contribution in [-0.2, 0) is 5.41 Å². The molecular formula is C45H32N4. The summed E-state index contributed by atoms with van der Waals surface area (Å²) >= 11 is 0. The fourth-order valence-electron chi connectivity index (χ4n) is 7.35. The van der Waals surface area contributed by atoms with Gasteiger partial charge in [0, 0.05) is 34.5 Å². The lowest BCUT2D eigenvalue weighted by Gasteiger charge is -2.21. The minimum atomic E-state index is -0.112. The molecule has 2 heterocycles. The van der Waals surface area contributed by atoms with Gasteiger partial charge >= 0.3 is 0 Å². The number of rotatable bonds is 5. The molecule has 0 saturated carbocycles. The molecule has 0 N–H and O–H groups in total. The Bertz CT molecular complexity index is 2520. The second-order valence-corrected chi connectivity index (χ2v) is 13.1. The van der Waals surface area contributed by atoms with Crippen molar-refractivity contribution < 1.29 is 0 Å². The number of hydrogen-bond donors (Lipinski definition) is 0. The molecule has 4 heteroatoms. The maximum absolute atomic E-state index is 5.10. The van der Waals surface area contributed by atoms with Gasteiger partial charge in [-0.1, -0.05) is 135 Å². The predicted molar refractivity (Wildman–Crippen MR) is 200 cm³/mol. The third kappa shape index (κ3) is 4.92. The van der Waals surface area contributed by atoms with Crippen molar-refractivity contribution in [1.82, 2.24) is 19.9 Å². The van der Waals surface area contributed by atoms with Crippen LogP contribution >= 0.6 is 0 Å². The highest BCUT2D eigenvalue weighted by atomic mass is 15.0. The lowest BCUT2D eigenvalue weighted by Crippen LogP contribution is -2.14. The van der Waals surface area contributed by atoms with Gasteiger partial charge in [-0.3, -0.25) is 4.98 Å². The van der Waals surface area contributed by atoms with Crippen LogP contribution in [0.2, 0.25) is 0 Å². The molecule has 0 unspecified atom stereocenters. The van der Waals surface area contributed by atoms with Crippen molar-refractivity contribution in [3.63, 3.8) is 0 Å². The van der Waals surface area contributed by atoms with Crippen molar-refractivity contribution in [3.05, 3.63) is 169 Å². The Morgan fingerprint density at radius 2 is 0.980 bits per heavy atom. The van der Waals surface area contributed by atoms with E-state index in [1.54, 1.807) is 12.4 Å². The summed E-state index contributed by atoms with van der Waals surface area (Å²) in [5, 5.41) is 2.54. The molecule has 0 radical (unpaired) electrons. The van der Waals surface area contributed by atoms with Gasteiger partial charge in [0.05, 0.1) is 0 Å². The van der Waals surface area contributed by atoms with Gasteiger partial charge in [-0.05, 0) is 79.5 Å². The molecule has 0 bridgehead atoms. The molecule has 8 aromatic rings. The van der Waals surface area contributed by atoms with Crippen LogP contribution < -0.4 is 0 Å². The van der Waals surface area contributed by atoms with Crippen LogP contribution in [0.15, 0.2) is 158 Å². The molecule has 0 fully saturated rings. The number of pyridine rings is 1. The first kappa shape index (κ1) is 28.9. The summed E-state index contributed by atoms with van der Waals surface area (Å²) in [7, 11) is 0. The molecule has 232 valence electrons. The van der Waals surface area contributed by atoms with E-state index in [0.29, 0.717) is 17.5 Å². The van der Waals surface area contributed by atoms with E-state index in [0.717, 1.165) is 33.4 Å². The van der Waals surface area contributed by atoms with Crippen LogP contribution in [-0.4, -0.2) is 19.9 Å². The second-order valence-electron chi connectivity index (χ2n) is 13.1. The fourth-order valence-corrected chi connectivity index (χ4v) is 7.35. The largest absolute Gasteiger partial charge is 0.265 e. The van der Waals surface area contributed by atoms with E-state index >= 15 is 0 Å². The van der Waals surface area contributed by atoms with Crippen LogP contribution in [0, 0.1) is 0 Å². The van der Waals surface area contributed by atoms with Crippen LogP contribution in [0.25, 0.3) is 78.3 Å². The van der Waals surface area contributed by atoms with E-state index in [-0.39, 0.29) is 5.41 Å². The maximum atomic E-state index is 5.10. The highest BCUT2D eigenvalue weighted by molar-refractivity contribution is 6.06. The van der Waals surface area contributed by atoms with Gasteiger partial charge in [-0.15, -0.1) is 0 Å². The van der Waals surface area contributed by atoms with Crippen molar-refractivity contribution in [2.75, 3.05) is 0 Å². The van der Waals surface area contributed by atoms with E-state index < -0.39 is 0 Å². The Morgan fingerprint density at radius 1 is 0.408 bits per heavy atom. The number of fused-ring (bicyclic) bond motifs is 5. The Balaban J connectivity index is 1.21. The van der Waals surface area contributed by atoms with Crippen LogP contribution in [0.5, 0.6) is 0 Å². The molecule has 4 nitrogen and oxygen atoms in total. The normalized spacial score (nSPS) is 12.9. The highest BCUT2D eigenvalue weighted by Gasteiger charge is 2.37. The van der Waals surface area contributed by atoms with E-state index in [1.165, 1.54) is 38.6 Å². The van der Waals surface area contributed by atoms with E-state index in [4.69, 9.17) is 15.0 Å². The Hall–Kier alpha value is -6.26. The average Bonchev–Trinajstić information content (AvgIpc) is 3.42. The molecule has 0 atom stereocenters. The standard InChI is InChI=1S/C45H32N4/c1-45(2)38-20-10-19-37(41(38)40-36-18-7-6-13-30(36)21-22-39(40)45)33-15-9-17-35(28-33)44-48-42(31-23-25-46-26-24-31)47-43(49-44)34-16-8-14-32(27-34)29-11-4-3-5-12-29/h3-28H,1-2H3. The van der Waals surface area contributed by atoms with Gasteiger partial charge in [0.15, 0.2) is 17.5 Å². The number of nitrogens with zero attached hydrogens (tertiary/aromatic N) is 4. The van der Waals surface area contributed by atoms with Crippen LogP contribution in [0.3, 0.4) is 0 Å². The number of aromatic nitrogens is 4. The summed E-state index contributed by atoms with van der Waals surface area (Å²) in [6, 6.07) is 51.3. The van der Waals surface area contributed by atoms with Gasteiger partial charge in [-0.2, -0.15) is 0 Å².